The van der Waals surface area contributed by atoms with Crippen LogP contribution >= 0.6 is 0 Å². The molecule has 12 heteroatoms. The highest BCUT2D eigenvalue weighted by Gasteiger charge is 2.39. The summed E-state index contributed by atoms with van der Waals surface area (Å²) in [6, 6.07) is 2.00. The maximum Gasteiger partial charge on any atom is 0.262 e. The number of aliphatic hydroxyl groups is 1. The van der Waals surface area contributed by atoms with Gasteiger partial charge in [-0.25, -0.2) is 18.4 Å². The minimum Gasteiger partial charge on any atom is -0.470 e. The van der Waals surface area contributed by atoms with E-state index in [1.165, 1.54) is 23.0 Å². The number of hydrogen-bond donors (Lipinski definition) is 2. The van der Waals surface area contributed by atoms with Crippen molar-refractivity contribution in [1.82, 2.24) is 23.8 Å². The van der Waals surface area contributed by atoms with Crippen molar-refractivity contribution in [3.8, 4) is 11.9 Å². The lowest BCUT2D eigenvalue weighted by Gasteiger charge is -2.31. The normalized spacial score (nSPS) is 24.9. The van der Waals surface area contributed by atoms with Crippen LogP contribution in [0.15, 0.2) is 23.7 Å². The SMILES string of the molecule is Cn1cnc(S(=O)(=O)N2CCC(Nc3ncc(C#N)c(O[C@@H]4CCC[C@]4(C)O)n3)CC2)c1. The molecule has 2 aliphatic rings. The van der Waals surface area contributed by atoms with Crippen LogP contribution in [0.1, 0.15) is 44.6 Å². The number of nitrogens with zero attached hydrogens (tertiary/aromatic N) is 6. The van der Waals surface area contributed by atoms with Gasteiger partial charge in [0.1, 0.15) is 17.7 Å². The van der Waals surface area contributed by atoms with Crippen LogP contribution in [0.4, 0.5) is 5.95 Å². The zero-order valence-corrected chi connectivity index (χ0v) is 18.9. The summed E-state index contributed by atoms with van der Waals surface area (Å²) in [6.45, 7) is 2.42. The summed E-state index contributed by atoms with van der Waals surface area (Å²) < 4.78 is 34.4. The van der Waals surface area contributed by atoms with E-state index in [9.17, 15) is 18.8 Å². The second kappa shape index (κ2) is 8.65. The number of sulfonamides is 1. The van der Waals surface area contributed by atoms with Gasteiger partial charge in [0, 0.05) is 32.4 Å². The molecule has 0 spiro atoms. The lowest BCUT2D eigenvalue weighted by atomic mass is 10.0. The topological polar surface area (TPSA) is 146 Å². The van der Waals surface area contributed by atoms with Crippen molar-refractivity contribution in [1.29, 1.82) is 5.26 Å². The standard InChI is InChI=1S/C20H27N7O4S/c1-20(28)7-3-4-16(20)31-18-14(10-21)11-22-19(25-18)24-15-5-8-27(9-6-15)32(29,30)17-12-26(2)13-23-17/h11-13,15-16,28H,3-9H2,1-2H3,(H,22,24,25)/t16-,20+/m1/s1. The van der Waals surface area contributed by atoms with Crippen LogP contribution in [0.5, 0.6) is 5.88 Å². The second-order valence-electron chi connectivity index (χ2n) is 8.58. The molecule has 1 aliphatic carbocycles. The molecule has 2 fully saturated rings. The van der Waals surface area contributed by atoms with E-state index in [2.05, 4.69) is 20.3 Å². The van der Waals surface area contributed by atoms with Crippen molar-refractivity contribution < 1.29 is 18.3 Å². The van der Waals surface area contributed by atoms with Crippen LogP contribution in [0.2, 0.25) is 0 Å². The molecule has 11 nitrogen and oxygen atoms in total. The van der Waals surface area contributed by atoms with E-state index < -0.39 is 21.7 Å². The molecular formula is C20H27N7O4S. The summed E-state index contributed by atoms with van der Waals surface area (Å²) in [5.74, 6) is 0.454. The largest absolute Gasteiger partial charge is 0.470 e. The molecule has 3 heterocycles. The van der Waals surface area contributed by atoms with Crippen LogP contribution in [0.3, 0.4) is 0 Å². The zero-order chi connectivity index (χ0) is 22.9. The summed E-state index contributed by atoms with van der Waals surface area (Å²) in [4.78, 5) is 12.5. The van der Waals surface area contributed by atoms with Gasteiger partial charge in [-0.2, -0.15) is 14.6 Å². The van der Waals surface area contributed by atoms with E-state index in [4.69, 9.17) is 4.74 Å². The second-order valence-corrected chi connectivity index (χ2v) is 10.5. The van der Waals surface area contributed by atoms with Gasteiger partial charge in [0.15, 0.2) is 5.03 Å². The van der Waals surface area contributed by atoms with Gasteiger partial charge in [-0.15, -0.1) is 0 Å². The first-order valence-electron chi connectivity index (χ1n) is 10.6. The van der Waals surface area contributed by atoms with Crippen LogP contribution in [-0.2, 0) is 17.1 Å². The number of aromatic nitrogens is 4. The Bertz CT molecular complexity index is 1120. The first-order valence-corrected chi connectivity index (χ1v) is 12.0. The van der Waals surface area contributed by atoms with Gasteiger partial charge in [0.05, 0.1) is 18.1 Å². The third kappa shape index (κ3) is 4.55. The predicted molar refractivity (Wildman–Crippen MR) is 114 cm³/mol. The number of nitriles is 1. The van der Waals surface area contributed by atoms with Gasteiger partial charge in [0.25, 0.3) is 10.0 Å². The van der Waals surface area contributed by atoms with Gasteiger partial charge in [0.2, 0.25) is 11.8 Å². The molecule has 0 amide bonds. The van der Waals surface area contributed by atoms with E-state index in [-0.39, 0.29) is 22.5 Å². The number of rotatable bonds is 6. The number of aryl methyl sites for hydroxylation is 1. The maximum atomic E-state index is 12.7. The van der Waals surface area contributed by atoms with E-state index >= 15 is 0 Å². The minimum atomic E-state index is -3.62. The molecule has 4 rings (SSSR count). The fourth-order valence-corrected chi connectivity index (χ4v) is 5.55. The number of imidazole rings is 1. The van der Waals surface area contributed by atoms with E-state index in [1.54, 1.807) is 18.5 Å². The first kappa shape index (κ1) is 22.4. The highest BCUT2D eigenvalue weighted by atomic mass is 32.2. The third-order valence-electron chi connectivity index (χ3n) is 6.04. The summed E-state index contributed by atoms with van der Waals surface area (Å²) in [5, 5.41) is 23.1. The Morgan fingerprint density at radius 1 is 1.31 bits per heavy atom. The fourth-order valence-electron chi connectivity index (χ4n) is 4.12. The van der Waals surface area contributed by atoms with Crippen LogP contribution in [0.25, 0.3) is 0 Å². The lowest BCUT2D eigenvalue weighted by molar-refractivity contribution is -0.0271. The highest BCUT2D eigenvalue weighted by molar-refractivity contribution is 7.89. The van der Waals surface area contributed by atoms with Crippen molar-refractivity contribution >= 4 is 16.0 Å². The molecule has 172 valence electrons. The molecule has 2 aromatic rings. The Balaban J connectivity index is 1.40. The number of ether oxygens (including phenoxy) is 1. The van der Waals surface area contributed by atoms with Crippen molar-refractivity contribution in [2.24, 2.45) is 7.05 Å². The van der Waals surface area contributed by atoms with Crippen molar-refractivity contribution in [2.45, 2.75) is 61.8 Å². The Hall–Kier alpha value is -2.75. The summed E-state index contributed by atoms with van der Waals surface area (Å²) in [6.07, 6.45) is 7.24. The van der Waals surface area contributed by atoms with Gasteiger partial charge >= 0.3 is 0 Å². The fraction of sp³-hybridized carbons (Fsp3) is 0.600. The molecule has 2 atom stereocenters. The Labute approximate surface area is 187 Å². The van der Waals surface area contributed by atoms with Crippen LogP contribution < -0.4 is 10.1 Å². The molecule has 0 radical (unpaired) electrons. The smallest absolute Gasteiger partial charge is 0.262 e. The highest BCUT2D eigenvalue weighted by Crippen LogP contribution is 2.33. The molecule has 2 N–H and O–H groups in total. The first-order chi connectivity index (χ1) is 15.2. The zero-order valence-electron chi connectivity index (χ0n) is 18.1. The van der Waals surface area contributed by atoms with E-state index in [0.29, 0.717) is 44.7 Å². The Morgan fingerprint density at radius 2 is 2.06 bits per heavy atom. The third-order valence-corrected chi connectivity index (χ3v) is 7.83. The summed E-state index contributed by atoms with van der Waals surface area (Å²) >= 11 is 0. The maximum absolute atomic E-state index is 12.7. The molecule has 0 unspecified atom stereocenters. The van der Waals surface area contributed by atoms with E-state index in [0.717, 1.165) is 6.42 Å². The number of piperidine rings is 1. The quantitative estimate of drug-likeness (QED) is 0.644. The van der Waals surface area contributed by atoms with Crippen molar-refractivity contribution in [3.63, 3.8) is 0 Å². The Morgan fingerprint density at radius 3 is 2.66 bits per heavy atom. The van der Waals surface area contributed by atoms with Gasteiger partial charge < -0.3 is 19.7 Å². The average molecular weight is 462 g/mol. The molecular weight excluding hydrogens is 434 g/mol. The summed E-state index contributed by atoms with van der Waals surface area (Å²) in [7, 11) is -1.89. The van der Waals surface area contributed by atoms with Crippen LogP contribution in [0, 0.1) is 11.3 Å². The molecule has 0 bridgehead atoms. The monoisotopic (exact) mass is 461 g/mol. The number of hydrogen-bond acceptors (Lipinski definition) is 9. The predicted octanol–water partition coefficient (Wildman–Crippen LogP) is 1.03. The molecule has 1 saturated carbocycles. The van der Waals surface area contributed by atoms with Gasteiger partial charge in [-0.05, 0) is 39.0 Å². The van der Waals surface area contributed by atoms with Crippen molar-refractivity contribution in [2.75, 3.05) is 18.4 Å². The number of anilines is 1. The lowest BCUT2D eigenvalue weighted by Crippen LogP contribution is -2.42. The summed E-state index contributed by atoms with van der Waals surface area (Å²) in [5.41, 5.74) is -0.758. The minimum absolute atomic E-state index is 0.0273. The molecule has 32 heavy (non-hydrogen) atoms. The van der Waals surface area contributed by atoms with Crippen molar-refractivity contribution in [3.05, 3.63) is 24.3 Å². The van der Waals surface area contributed by atoms with Gasteiger partial charge in [-0.3, -0.25) is 0 Å². The molecule has 0 aromatic carbocycles. The average Bonchev–Trinajstić information content (AvgIpc) is 3.34. The molecule has 1 aliphatic heterocycles. The van der Waals surface area contributed by atoms with Crippen LogP contribution in [-0.4, -0.2) is 68.2 Å². The molecule has 1 saturated heterocycles. The van der Waals surface area contributed by atoms with Gasteiger partial charge in [-0.1, -0.05) is 0 Å². The Kier molecular flexibility index (Phi) is 6.07. The number of nitrogens with one attached hydrogen (secondary N) is 1. The van der Waals surface area contributed by atoms with E-state index in [1.807, 2.05) is 6.07 Å². The molecule has 2 aromatic heterocycles.